The minimum absolute atomic E-state index is 0.00126. The lowest BCUT2D eigenvalue weighted by molar-refractivity contribution is 0.0636. The molecule has 0 radical (unpaired) electrons. The number of amides is 1. The van der Waals surface area contributed by atoms with Gasteiger partial charge in [-0.3, -0.25) is 5.32 Å². The minimum atomic E-state index is -0.667. The van der Waals surface area contributed by atoms with E-state index in [0.717, 1.165) is 0 Å². The number of carbonyl (C=O) groups is 1. The van der Waals surface area contributed by atoms with Crippen LogP contribution in [0.25, 0.3) is 10.4 Å². The van der Waals surface area contributed by atoms with E-state index in [4.69, 9.17) is 21.9 Å². The number of pyridine rings is 1. The Hall–Kier alpha value is -1.98. The summed E-state index contributed by atoms with van der Waals surface area (Å²) in [7, 11) is 0. The number of hydrogen-bond acceptors (Lipinski definition) is 4. The van der Waals surface area contributed by atoms with Gasteiger partial charge in [-0.15, -0.1) is 0 Å². The number of halogens is 1. The van der Waals surface area contributed by atoms with Crippen molar-refractivity contribution in [3.63, 3.8) is 0 Å². The van der Waals surface area contributed by atoms with E-state index >= 15 is 0 Å². The minimum Gasteiger partial charge on any atom is -0.444 e. The maximum absolute atomic E-state index is 11.6. The third-order valence-electron chi connectivity index (χ3n) is 1.66. The van der Waals surface area contributed by atoms with E-state index in [0.29, 0.717) is 0 Å². The van der Waals surface area contributed by atoms with Gasteiger partial charge < -0.3 is 4.74 Å². The van der Waals surface area contributed by atoms with Crippen molar-refractivity contribution in [3.8, 4) is 0 Å². The largest absolute Gasteiger partial charge is 0.444 e. The van der Waals surface area contributed by atoms with Crippen molar-refractivity contribution in [1.29, 1.82) is 0 Å². The van der Waals surface area contributed by atoms with Crippen molar-refractivity contribution >= 4 is 29.1 Å². The van der Waals surface area contributed by atoms with Crippen LogP contribution < -0.4 is 5.32 Å². The van der Waals surface area contributed by atoms with Gasteiger partial charge in [0.15, 0.2) is 0 Å². The van der Waals surface area contributed by atoms with Crippen LogP contribution in [-0.2, 0) is 4.74 Å². The van der Waals surface area contributed by atoms with Crippen LogP contribution in [0, 0.1) is 0 Å². The molecule has 0 aromatic carbocycles. The first-order valence-electron chi connectivity index (χ1n) is 5.03. The van der Waals surface area contributed by atoms with Crippen LogP contribution in [0.15, 0.2) is 17.4 Å². The number of nitrogens with zero attached hydrogens (tertiary/aromatic N) is 4. The number of azide groups is 1. The molecule has 1 heterocycles. The van der Waals surface area contributed by atoms with Gasteiger partial charge in [0.2, 0.25) is 0 Å². The first-order valence-corrected chi connectivity index (χ1v) is 5.41. The molecule has 7 nitrogen and oxygen atoms in total. The van der Waals surface area contributed by atoms with Crippen LogP contribution in [0.2, 0.25) is 5.15 Å². The fourth-order valence-electron chi connectivity index (χ4n) is 1.08. The Bertz CT molecular complexity index is 505. The van der Waals surface area contributed by atoms with Crippen molar-refractivity contribution in [2.24, 2.45) is 5.11 Å². The molecular formula is C10H12ClN5O2. The summed E-state index contributed by atoms with van der Waals surface area (Å²) in [5, 5.41) is 5.82. The van der Waals surface area contributed by atoms with Crippen molar-refractivity contribution in [1.82, 2.24) is 4.98 Å². The Morgan fingerprint density at radius 2 is 2.28 bits per heavy atom. The van der Waals surface area contributed by atoms with Crippen LogP contribution in [-0.4, -0.2) is 16.7 Å². The first-order chi connectivity index (χ1) is 8.33. The van der Waals surface area contributed by atoms with E-state index in [1.807, 2.05) is 0 Å². The summed E-state index contributed by atoms with van der Waals surface area (Å²) < 4.78 is 5.07. The van der Waals surface area contributed by atoms with Gasteiger partial charge in [0.05, 0.1) is 11.4 Å². The topological polar surface area (TPSA) is 100.0 Å². The molecule has 0 aliphatic heterocycles. The highest BCUT2D eigenvalue weighted by molar-refractivity contribution is 6.32. The van der Waals surface area contributed by atoms with Gasteiger partial charge in [0.25, 0.3) is 0 Å². The first kappa shape index (κ1) is 14.1. The Kier molecular flexibility index (Phi) is 4.36. The number of hydrogen-bond donors (Lipinski definition) is 1. The molecule has 96 valence electrons. The number of ether oxygens (including phenoxy) is 1. The van der Waals surface area contributed by atoms with Crippen molar-refractivity contribution < 1.29 is 9.53 Å². The third kappa shape index (κ3) is 4.12. The standard InChI is InChI=1S/C10H12ClN5O2/c1-10(2,3)18-9(17)14-6-4-5-13-8(11)7(6)15-16-12/h4-5H,1-3H3,(H,13,14,17). The second-order valence-corrected chi connectivity index (χ2v) is 4.67. The lowest BCUT2D eigenvalue weighted by Gasteiger charge is -2.20. The van der Waals surface area contributed by atoms with Crippen molar-refractivity contribution in [2.75, 3.05) is 5.32 Å². The highest BCUT2D eigenvalue weighted by atomic mass is 35.5. The maximum atomic E-state index is 11.6. The Balaban J connectivity index is 2.94. The zero-order valence-corrected chi connectivity index (χ0v) is 10.9. The average Bonchev–Trinajstić information content (AvgIpc) is 2.20. The van der Waals surface area contributed by atoms with E-state index in [-0.39, 0.29) is 16.5 Å². The van der Waals surface area contributed by atoms with Gasteiger partial charge in [0, 0.05) is 11.1 Å². The highest BCUT2D eigenvalue weighted by Crippen LogP contribution is 2.31. The molecule has 1 N–H and O–H groups in total. The summed E-state index contributed by atoms with van der Waals surface area (Å²) >= 11 is 5.76. The Morgan fingerprint density at radius 1 is 1.61 bits per heavy atom. The number of aromatic nitrogens is 1. The molecule has 0 aliphatic carbocycles. The predicted molar refractivity (Wildman–Crippen MR) is 67.9 cm³/mol. The number of nitrogens with one attached hydrogen (secondary N) is 1. The normalized spacial score (nSPS) is 10.4. The molecule has 0 saturated heterocycles. The van der Waals surface area contributed by atoms with E-state index in [2.05, 4.69) is 20.3 Å². The summed E-state index contributed by atoms with van der Waals surface area (Å²) in [6.07, 6.45) is 0.713. The summed E-state index contributed by atoms with van der Waals surface area (Å²) in [5.74, 6) is 0. The second-order valence-electron chi connectivity index (χ2n) is 4.31. The molecule has 0 fully saturated rings. The SMILES string of the molecule is CC(C)(C)OC(=O)Nc1ccnc(Cl)c1N=[N+]=[N-]. The Morgan fingerprint density at radius 3 is 2.83 bits per heavy atom. The molecule has 1 aromatic rings. The zero-order chi connectivity index (χ0) is 13.8. The number of rotatable bonds is 2. The lowest BCUT2D eigenvalue weighted by atomic mass is 10.2. The molecule has 0 aliphatic rings. The number of anilines is 1. The Labute approximate surface area is 109 Å². The fraction of sp³-hybridized carbons (Fsp3) is 0.400. The van der Waals surface area contributed by atoms with Gasteiger partial charge in [-0.1, -0.05) is 16.7 Å². The molecule has 0 saturated carbocycles. The summed E-state index contributed by atoms with van der Waals surface area (Å²) in [5.41, 5.74) is 8.08. The van der Waals surface area contributed by atoms with Gasteiger partial charge in [-0.05, 0) is 32.4 Å². The summed E-state index contributed by atoms with van der Waals surface area (Å²) in [6, 6.07) is 1.46. The quantitative estimate of drug-likeness (QED) is 0.380. The highest BCUT2D eigenvalue weighted by Gasteiger charge is 2.17. The average molecular weight is 270 g/mol. The maximum Gasteiger partial charge on any atom is 0.412 e. The molecule has 1 aromatic heterocycles. The third-order valence-corrected chi connectivity index (χ3v) is 1.94. The summed E-state index contributed by atoms with van der Waals surface area (Å²) in [4.78, 5) is 17.9. The fourth-order valence-corrected chi connectivity index (χ4v) is 1.28. The van der Waals surface area contributed by atoms with Gasteiger partial charge in [-0.25, -0.2) is 9.78 Å². The summed E-state index contributed by atoms with van der Waals surface area (Å²) in [6.45, 7) is 5.21. The molecule has 0 bridgehead atoms. The second kappa shape index (κ2) is 5.57. The van der Waals surface area contributed by atoms with Crippen LogP contribution in [0.4, 0.5) is 16.2 Å². The molecule has 0 spiro atoms. The van der Waals surface area contributed by atoms with Crippen LogP contribution in [0.1, 0.15) is 20.8 Å². The smallest absolute Gasteiger partial charge is 0.412 e. The van der Waals surface area contributed by atoms with Crippen LogP contribution in [0.3, 0.4) is 0 Å². The van der Waals surface area contributed by atoms with Crippen LogP contribution >= 0.6 is 11.6 Å². The van der Waals surface area contributed by atoms with E-state index in [9.17, 15) is 4.79 Å². The number of carbonyl (C=O) groups excluding carboxylic acids is 1. The van der Waals surface area contributed by atoms with Gasteiger partial charge in [0.1, 0.15) is 10.8 Å². The molecular weight excluding hydrogens is 258 g/mol. The molecule has 1 amide bonds. The monoisotopic (exact) mass is 269 g/mol. The van der Waals surface area contributed by atoms with Crippen molar-refractivity contribution in [2.45, 2.75) is 26.4 Å². The molecule has 18 heavy (non-hydrogen) atoms. The van der Waals surface area contributed by atoms with Crippen molar-refractivity contribution in [3.05, 3.63) is 27.9 Å². The predicted octanol–water partition coefficient (Wildman–Crippen LogP) is 4.02. The lowest BCUT2D eigenvalue weighted by Crippen LogP contribution is -2.27. The van der Waals surface area contributed by atoms with Crippen LogP contribution in [0.5, 0.6) is 0 Å². The molecule has 0 unspecified atom stereocenters. The zero-order valence-electron chi connectivity index (χ0n) is 10.1. The van der Waals surface area contributed by atoms with Gasteiger partial charge >= 0.3 is 6.09 Å². The molecule has 1 rings (SSSR count). The van der Waals surface area contributed by atoms with E-state index in [1.54, 1.807) is 20.8 Å². The van der Waals surface area contributed by atoms with E-state index in [1.165, 1.54) is 12.3 Å². The molecule has 8 heteroatoms. The van der Waals surface area contributed by atoms with Gasteiger partial charge in [-0.2, -0.15) is 0 Å². The van der Waals surface area contributed by atoms with E-state index < -0.39 is 11.7 Å². The molecule has 0 atom stereocenters.